The third kappa shape index (κ3) is 3.06. The van der Waals surface area contributed by atoms with E-state index in [2.05, 4.69) is 4.98 Å². The zero-order chi connectivity index (χ0) is 15.1. The van der Waals surface area contributed by atoms with E-state index in [9.17, 15) is 26.3 Å². The lowest BCUT2D eigenvalue weighted by molar-refractivity contribution is -0.289. The minimum atomic E-state index is -5.44. The summed E-state index contributed by atoms with van der Waals surface area (Å²) in [6, 6.07) is -2.13. The van der Waals surface area contributed by atoms with Crippen LogP contribution in [0, 0.1) is 5.92 Å². The molecule has 0 aliphatic carbocycles. The molecule has 1 atom stereocenters. The number of imidazole rings is 1. The Morgan fingerprint density at radius 3 is 2.30 bits per heavy atom. The highest BCUT2D eigenvalue weighted by atomic mass is 32.1. The van der Waals surface area contributed by atoms with Crippen LogP contribution >= 0.6 is 11.3 Å². The Kier molecular flexibility index (Phi) is 3.71. The monoisotopic (exact) mass is 317 g/mol. The fourth-order valence-corrected chi connectivity index (χ4v) is 2.62. The minimum Gasteiger partial charge on any atom is -0.326 e. The number of hydrogen-bond acceptors (Lipinski definition) is 3. The highest BCUT2D eigenvalue weighted by molar-refractivity contribution is 7.15. The Morgan fingerprint density at radius 1 is 1.20 bits per heavy atom. The van der Waals surface area contributed by atoms with Gasteiger partial charge in [0, 0.05) is 30.2 Å². The highest BCUT2D eigenvalue weighted by Gasteiger charge is 2.59. The first-order valence-electron chi connectivity index (χ1n) is 5.39. The Labute approximate surface area is 113 Å². The Balaban J connectivity index is 2.20. The molecule has 2 aromatic rings. The van der Waals surface area contributed by atoms with Crippen molar-refractivity contribution in [1.82, 2.24) is 9.38 Å². The minimum absolute atomic E-state index is 0.0999. The Hall–Kier alpha value is -1.29. The molecule has 20 heavy (non-hydrogen) atoms. The van der Waals surface area contributed by atoms with E-state index in [1.807, 2.05) is 0 Å². The van der Waals surface area contributed by atoms with Crippen molar-refractivity contribution in [2.24, 2.45) is 11.7 Å². The molecule has 2 aromatic heterocycles. The van der Waals surface area contributed by atoms with Gasteiger partial charge in [-0.1, -0.05) is 0 Å². The lowest BCUT2D eigenvalue weighted by Gasteiger charge is -2.27. The molecule has 3 nitrogen and oxygen atoms in total. The Morgan fingerprint density at radius 2 is 1.80 bits per heavy atom. The van der Waals surface area contributed by atoms with Crippen LogP contribution < -0.4 is 5.73 Å². The van der Waals surface area contributed by atoms with Gasteiger partial charge in [-0.15, -0.1) is 11.3 Å². The van der Waals surface area contributed by atoms with Crippen LogP contribution in [-0.4, -0.2) is 27.8 Å². The third-order valence-corrected chi connectivity index (χ3v) is 3.49. The molecule has 0 aliphatic rings. The summed E-state index contributed by atoms with van der Waals surface area (Å²) in [6.45, 7) is 0. The van der Waals surface area contributed by atoms with Crippen molar-refractivity contribution >= 4 is 16.3 Å². The molecular formula is C10H9F6N3S. The van der Waals surface area contributed by atoms with E-state index in [4.69, 9.17) is 5.73 Å². The summed E-state index contributed by atoms with van der Waals surface area (Å²) in [4.78, 5) is 4.41. The summed E-state index contributed by atoms with van der Waals surface area (Å²) >= 11 is 1.22. The maximum atomic E-state index is 12.5. The number of rotatable bonds is 3. The summed E-state index contributed by atoms with van der Waals surface area (Å²) in [7, 11) is 0. The van der Waals surface area contributed by atoms with Gasteiger partial charge in [-0.25, -0.2) is 4.98 Å². The number of nitrogens with zero attached hydrogens (tertiary/aromatic N) is 2. The summed E-state index contributed by atoms with van der Waals surface area (Å²) in [6.07, 6.45) is -8.50. The molecule has 2 heterocycles. The second kappa shape index (κ2) is 4.92. The average molecular weight is 317 g/mol. The second-order valence-corrected chi connectivity index (χ2v) is 5.13. The van der Waals surface area contributed by atoms with Gasteiger partial charge >= 0.3 is 12.4 Å². The molecule has 1 unspecified atom stereocenters. The maximum absolute atomic E-state index is 12.5. The predicted molar refractivity (Wildman–Crippen MR) is 60.3 cm³/mol. The normalized spacial score (nSPS) is 15.2. The molecule has 0 radical (unpaired) electrons. The van der Waals surface area contributed by atoms with E-state index >= 15 is 0 Å². The Bertz CT molecular complexity index is 541. The molecule has 10 heteroatoms. The summed E-state index contributed by atoms with van der Waals surface area (Å²) in [5.41, 5.74) is 5.23. The molecule has 2 rings (SSSR count). The second-order valence-electron chi connectivity index (χ2n) is 4.25. The summed E-state index contributed by atoms with van der Waals surface area (Å²) in [5.74, 6) is -3.56. The maximum Gasteiger partial charge on any atom is 0.402 e. The van der Waals surface area contributed by atoms with Crippen LogP contribution in [0.2, 0.25) is 0 Å². The molecule has 0 fully saturated rings. The fourth-order valence-electron chi connectivity index (χ4n) is 1.90. The van der Waals surface area contributed by atoms with Crippen molar-refractivity contribution in [3.63, 3.8) is 0 Å². The van der Waals surface area contributed by atoms with Crippen molar-refractivity contribution in [3.05, 3.63) is 23.5 Å². The largest absolute Gasteiger partial charge is 0.402 e. The van der Waals surface area contributed by atoms with Crippen LogP contribution in [-0.2, 0) is 6.42 Å². The van der Waals surface area contributed by atoms with Gasteiger partial charge in [0.2, 0.25) is 0 Å². The van der Waals surface area contributed by atoms with Crippen molar-refractivity contribution < 1.29 is 26.3 Å². The molecule has 0 spiro atoms. The number of fused-ring (bicyclic) bond motifs is 1. The van der Waals surface area contributed by atoms with Crippen LogP contribution in [0.15, 0.2) is 17.8 Å². The number of hydrogen-bond donors (Lipinski definition) is 1. The average Bonchev–Trinajstić information content (AvgIpc) is 2.71. The molecule has 112 valence electrons. The summed E-state index contributed by atoms with van der Waals surface area (Å²) < 4.78 is 76.5. The van der Waals surface area contributed by atoms with E-state index in [0.717, 1.165) is 0 Å². The van der Waals surface area contributed by atoms with E-state index in [1.165, 1.54) is 21.9 Å². The molecule has 2 N–H and O–H groups in total. The smallest absolute Gasteiger partial charge is 0.326 e. The zero-order valence-corrected chi connectivity index (χ0v) is 10.6. The molecule has 0 saturated heterocycles. The first-order chi connectivity index (χ1) is 9.09. The fraction of sp³-hybridized carbons (Fsp3) is 0.500. The lowest BCUT2D eigenvalue weighted by atomic mass is 9.95. The van der Waals surface area contributed by atoms with Crippen molar-refractivity contribution in [3.8, 4) is 0 Å². The van der Waals surface area contributed by atoms with Crippen LogP contribution in [0.4, 0.5) is 26.3 Å². The SMILES string of the molecule is NC(Cc1cn2ccsc2n1)C(C(F)(F)F)C(F)(F)F. The van der Waals surface area contributed by atoms with Gasteiger partial charge in [-0.2, -0.15) is 26.3 Å². The van der Waals surface area contributed by atoms with Crippen molar-refractivity contribution in [2.45, 2.75) is 24.8 Å². The van der Waals surface area contributed by atoms with Crippen molar-refractivity contribution in [1.29, 1.82) is 0 Å². The van der Waals surface area contributed by atoms with Gasteiger partial charge in [0.1, 0.15) is 0 Å². The molecule has 0 aromatic carbocycles. The standard InChI is InChI=1S/C10H9F6N3S/c11-9(12,13)7(10(14,15)16)6(17)3-5-4-19-1-2-20-8(19)18-5/h1-2,4,6-7H,3,17H2. The van der Waals surface area contributed by atoms with Crippen molar-refractivity contribution in [2.75, 3.05) is 0 Å². The van der Waals surface area contributed by atoms with E-state index in [0.29, 0.717) is 4.96 Å². The van der Waals surface area contributed by atoms with Crippen LogP contribution in [0.3, 0.4) is 0 Å². The molecule has 0 bridgehead atoms. The molecule has 0 amide bonds. The number of alkyl halides is 6. The molecule has 0 aliphatic heterocycles. The van der Waals surface area contributed by atoms with Crippen LogP contribution in [0.25, 0.3) is 4.96 Å². The molecule has 0 saturated carbocycles. The summed E-state index contributed by atoms with van der Waals surface area (Å²) in [5, 5.41) is 1.69. The quantitative estimate of drug-likeness (QED) is 0.885. The first kappa shape index (κ1) is 15.1. The van der Waals surface area contributed by atoms with Gasteiger partial charge in [-0.05, 0) is 0 Å². The van der Waals surface area contributed by atoms with Gasteiger partial charge in [-0.3, -0.25) is 4.40 Å². The van der Waals surface area contributed by atoms with Crippen LogP contribution in [0.1, 0.15) is 5.69 Å². The molecular weight excluding hydrogens is 308 g/mol. The van der Waals surface area contributed by atoms with Crippen LogP contribution in [0.5, 0.6) is 0 Å². The number of nitrogens with two attached hydrogens (primary N) is 1. The predicted octanol–water partition coefficient (Wildman–Crippen LogP) is 3.01. The van der Waals surface area contributed by atoms with E-state index in [1.54, 1.807) is 11.6 Å². The van der Waals surface area contributed by atoms with Gasteiger partial charge in [0.05, 0.1) is 5.69 Å². The third-order valence-electron chi connectivity index (χ3n) is 2.72. The highest BCUT2D eigenvalue weighted by Crippen LogP contribution is 2.41. The lowest BCUT2D eigenvalue weighted by Crippen LogP contribution is -2.49. The van der Waals surface area contributed by atoms with E-state index in [-0.39, 0.29) is 5.69 Å². The zero-order valence-electron chi connectivity index (χ0n) is 9.74. The number of halogens is 6. The van der Waals surface area contributed by atoms with Gasteiger partial charge < -0.3 is 5.73 Å². The number of thiazole rings is 1. The van der Waals surface area contributed by atoms with Gasteiger partial charge in [0.15, 0.2) is 10.9 Å². The topological polar surface area (TPSA) is 43.3 Å². The first-order valence-corrected chi connectivity index (χ1v) is 6.27. The van der Waals surface area contributed by atoms with Gasteiger partial charge in [0.25, 0.3) is 0 Å². The van der Waals surface area contributed by atoms with E-state index < -0.39 is 30.7 Å². The number of aromatic nitrogens is 2.